The molecule has 0 radical (unpaired) electrons. The third-order valence-corrected chi connectivity index (χ3v) is 4.89. The van der Waals surface area contributed by atoms with E-state index in [4.69, 9.17) is 9.47 Å². The summed E-state index contributed by atoms with van der Waals surface area (Å²) < 4.78 is 33.7. The summed E-state index contributed by atoms with van der Waals surface area (Å²) in [4.78, 5) is 0. The lowest BCUT2D eigenvalue weighted by atomic mass is 10.1. The van der Waals surface area contributed by atoms with Crippen molar-refractivity contribution in [1.29, 1.82) is 0 Å². The van der Waals surface area contributed by atoms with E-state index in [1.165, 1.54) is 0 Å². The molecule has 19 heavy (non-hydrogen) atoms. The molecule has 1 aromatic rings. The van der Waals surface area contributed by atoms with E-state index in [1.54, 1.807) is 32.2 Å². The maximum Gasteiger partial charge on any atom is 0.154 e. The minimum atomic E-state index is -2.98. The molecule has 0 spiro atoms. The highest BCUT2D eigenvalue weighted by Crippen LogP contribution is 2.31. The SMILES string of the molecule is COc1ccc([C@H](C)O)c(OC2CCS(=O)(=O)C2)c1. The summed E-state index contributed by atoms with van der Waals surface area (Å²) >= 11 is 0. The molecule has 1 aliphatic rings. The molecule has 1 aliphatic heterocycles. The van der Waals surface area contributed by atoms with Gasteiger partial charge in [-0.1, -0.05) is 0 Å². The Hall–Kier alpha value is -1.27. The molecule has 2 atom stereocenters. The van der Waals surface area contributed by atoms with Gasteiger partial charge in [0.15, 0.2) is 9.84 Å². The topological polar surface area (TPSA) is 72.8 Å². The molecule has 0 aromatic heterocycles. The van der Waals surface area contributed by atoms with Gasteiger partial charge < -0.3 is 14.6 Å². The molecule has 1 saturated heterocycles. The maximum absolute atomic E-state index is 11.4. The number of hydrogen-bond acceptors (Lipinski definition) is 5. The van der Waals surface area contributed by atoms with Crippen LogP contribution in [0.15, 0.2) is 18.2 Å². The number of rotatable bonds is 4. The summed E-state index contributed by atoms with van der Waals surface area (Å²) in [6.45, 7) is 1.64. The molecule has 6 heteroatoms. The largest absolute Gasteiger partial charge is 0.497 e. The Morgan fingerprint density at radius 2 is 2.16 bits per heavy atom. The average molecular weight is 286 g/mol. The van der Waals surface area contributed by atoms with Crippen LogP contribution in [0.25, 0.3) is 0 Å². The van der Waals surface area contributed by atoms with Crippen molar-refractivity contribution in [2.24, 2.45) is 0 Å². The highest BCUT2D eigenvalue weighted by Gasteiger charge is 2.30. The Balaban J connectivity index is 2.23. The predicted molar refractivity (Wildman–Crippen MR) is 71.3 cm³/mol. The number of benzene rings is 1. The van der Waals surface area contributed by atoms with Crippen molar-refractivity contribution in [3.05, 3.63) is 23.8 Å². The summed E-state index contributed by atoms with van der Waals surface area (Å²) in [7, 11) is -1.44. The van der Waals surface area contributed by atoms with E-state index in [2.05, 4.69) is 0 Å². The molecule has 2 rings (SSSR count). The van der Waals surface area contributed by atoms with Crippen LogP contribution in [0, 0.1) is 0 Å². The fourth-order valence-corrected chi connectivity index (χ4v) is 3.71. The monoisotopic (exact) mass is 286 g/mol. The van der Waals surface area contributed by atoms with Gasteiger partial charge in [-0.25, -0.2) is 8.42 Å². The molecular formula is C13H18O5S. The average Bonchev–Trinajstić information content (AvgIpc) is 2.68. The van der Waals surface area contributed by atoms with Crippen molar-refractivity contribution >= 4 is 9.84 Å². The second-order valence-electron chi connectivity index (χ2n) is 4.72. The standard InChI is InChI=1S/C13H18O5S/c1-9(14)12-4-3-10(17-2)7-13(12)18-11-5-6-19(15,16)8-11/h3-4,7,9,11,14H,5-6,8H2,1-2H3/t9-,11?/m0/s1. The quantitative estimate of drug-likeness (QED) is 0.903. The third kappa shape index (κ3) is 3.39. The first-order valence-corrected chi connectivity index (χ1v) is 7.96. The molecule has 1 fully saturated rings. The normalized spacial score (nSPS) is 23.0. The summed E-state index contributed by atoms with van der Waals surface area (Å²) in [5, 5.41) is 9.71. The van der Waals surface area contributed by atoms with E-state index in [0.717, 1.165) is 0 Å². The zero-order chi connectivity index (χ0) is 14.0. The minimum Gasteiger partial charge on any atom is -0.497 e. The van der Waals surface area contributed by atoms with Gasteiger partial charge in [0, 0.05) is 11.6 Å². The van der Waals surface area contributed by atoms with Gasteiger partial charge in [0.2, 0.25) is 0 Å². The molecule has 1 unspecified atom stereocenters. The molecule has 1 aromatic carbocycles. The fraction of sp³-hybridized carbons (Fsp3) is 0.538. The van der Waals surface area contributed by atoms with E-state index < -0.39 is 15.9 Å². The Kier molecular flexibility index (Phi) is 4.01. The Morgan fingerprint density at radius 3 is 2.68 bits per heavy atom. The lowest BCUT2D eigenvalue weighted by molar-refractivity contribution is 0.179. The molecular weight excluding hydrogens is 268 g/mol. The highest BCUT2D eigenvalue weighted by atomic mass is 32.2. The van der Waals surface area contributed by atoms with Crippen LogP contribution in [0.1, 0.15) is 25.0 Å². The molecule has 0 bridgehead atoms. The van der Waals surface area contributed by atoms with Gasteiger partial charge in [-0.2, -0.15) is 0 Å². The van der Waals surface area contributed by atoms with E-state index in [-0.39, 0.29) is 17.6 Å². The number of methoxy groups -OCH3 is 1. The fourth-order valence-electron chi connectivity index (χ4n) is 2.12. The van der Waals surface area contributed by atoms with Gasteiger partial charge in [0.25, 0.3) is 0 Å². The Morgan fingerprint density at radius 1 is 1.42 bits per heavy atom. The summed E-state index contributed by atoms with van der Waals surface area (Å²) in [6.07, 6.45) is -0.549. The Labute approximate surface area is 113 Å². The van der Waals surface area contributed by atoms with Crippen LogP contribution in [-0.4, -0.2) is 38.2 Å². The number of aliphatic hydroxyl groups is 1. The van der Waals surface area contributed by atoms with Gasteiger partial charge in [-0.05, 0) is 25.5 Å². The van der Waals surface area contributed by atoms with Gasteiger partial charge in [0.05, 0.1) is 24.7 Å². The number of sulfone groups is 1. The van der Waals surface area contributed by atoms with Crippen molar-refractivity contribution in [2.75, 3.05) is 18.6 Å². The van der Waals surface area contributed by atoms with E-state index in [0.29, 0.717) is 23.5 Å². The van der Waals surface area contributed by atoms with Crippen LogP contribution >= 0.6 is 0 Å². The third-order valence-electron chi connectivity index (χ3n) is 3.16. The maximum atomic E-state index is 11.4. The molecule has 5 nitrogen and oxygen atoms in total. The number of aliphatic hydroxyl groups excluding tert-OH is 1. The van der Waals surface area contributed by atoms with Crippen LogP contribution < -0.4 is 9.47 Å². The molecule has 0 aliphatic carbocycles. The lowest BCUT2D eigenvalue weighted by Gasteiger charge is -2.18. The molecule has 106 valence electrons. The lowest BCUT2D eigenvalue weighted by Crippen LogP contribution is -2.18. The van der Waals surface area contributed by atoms with E-state index in [9.17, 15) is 13.5 Å². The van der Waals surface area contributed by atoms with Crippen LogP contribution in [0.4, 0.5) is 0 Å². The van der Waals surface area contributed by atoms with Crippen molar-refractivity contribution in [1.82, 2.24) is 0 Å². The minimum absolute atomic E-state index is 0.0312. The van der Waals surface area contributed by atoms with Crippen molar-refractivity contribution in [2.45, 2.75) is 25.6 Å². The first-order chi connectivity index (χ1) is 8.91. The highest BCUT2D eigenvalue weighted by molar-refractivity contribution is 7.91. The summed E-state index contributed by atoms with van der Waals surface area (Å²) in [5.74, 6) is 1.28. The second-order valence-corrected chi connectivity index (χ2v) is 6.95. The second kappa shape index (κ2) is 5.38. The number of ether oxygens (including phenoxy) is 2. The van der Waals surface area contributed by atoms with Gasteiger partial charge in [-0.3, -0.25) is 0 Å². The van der Waals surface area contributed by atoms with Crippen molar-refractivity contribution in [3.8, 4) is 11.5 Å². The van der Waals surface area contributed by atoms with Crippen LogP contribution in [-0.2, 0) is 9.84 Å². The van der Waals surface area contributed by atoms with Gasteiger partial charge in [-0.15, -0.1) is 0 Å². The Bertz CT molecular complexity index is 550. The molecule has 0 saturated carbocycles. The number of hydrogen-bond donors (Lipinski definition) is 1. The first kappa shape index (κ1) is 14.1. The van der Waals surface area contributed by atoms with Crippen LogP contribution in [0.5, 0.6) is 11.5 Å². The molecule has 0 amide bonds. The zero-order valence-corrected chi connectivity index (χ0v) is 11.8. The van der Waals surface area contributed by atoms with Crippen LogP contribution in [0.3, 0.4) is 0 Å². The summed E-state index contributed by atoms with van der Waals surface area (Å²) in [5.41, 5.74) is 0.630. The first-order valence-electron chi connectivity index (χ1n) is 6.14. The van der Waals surface area contributed by atoms with E-state index in [1.807, 2.05) is 0 Å². The van der Waals surface area contributed by atoms with E-state index >= 15 is 0 Å². The van der Waals surface area contributed by atoms with Gasteiger partial charge >= 0.3 is 0 Å². The van der Waals surface area contributed by atoms with Crippen LogP contribution in [0.2, 0.25) is 0 Å². The molecule has 1 heterocycles. The smallest absolute Gasteiger partial charge is 0.154 e. The predicted octanol–water partition coefficient (Wildman–Crippen LogP) is 1.31. The van der Waals surface area contributed by atoms with Crippen molar-refractivity contribution < 1.29 is 23.0 Å². The van der Waals surface area contributed by atoms with Gasteiger partial charge in [0.1, 0.15) is 17.6 Å². The summed E-state index contributed by atoms with van der Waals surface area (Å²) in [6, 6.07) is 5.13. The molecule has 1 N–H and O–H groups in total. The van der Waals surface area contributed by atoms with Crippen molar-refractivity contribution in [3.63, 3.8) is 0 Å². The zero-order valence-electron chi connectivity index (χ0n) is 11.0.